The molecule has 0 radical (unpaired) electrons. The van der Waals surface area contributed by atoms with Crippen molar-refractivity contribution in [2.75, 3.05) is 6.54 Å². The first-order valence-electron chi connectivity index (χ1n) is 7.93. The third kappa shape index (κ3) is 3.27. The molecule has 0 aromatic heterocycles. The lowest BCUT2D eigenvalue weighted by Gasteiger charge is -2.45. The van der Waals surface area contributed by atoms with E-state index in [0.717, 1.165) is 18.5 Å². The second-order valence-corrected chi connectivity index (χ2v) is 7.75. The molecule has 18 heavy (non-hydrogen) atoms. The van der Waals surface area contributed by atoms with Crippen molar-refractivity contribution in [2.45, 2.75) is 83.7 Å². The number of nitrogens with one attached hydrogen (secondary N) is 1. The molecule has 2 nitrogen and oxygen atoms in total. The van der Waals surface area contributed by atoms with Crippen molar-refractivity contribution in [1.82, 2.24) is 5.32 Å². The Morgan fingerprint density at radius 3 is 2.06 bits per heavy atom. The molecule has 0 heterocycles. The molecule has 0 aromatic rings. The largest absolute Gasteiger partial charge is 0.329 e. The van der Waals surface area contributed by atoms with Gasteiger partial charge in [0, 0.05) is 18.1 Å². The van der Waals surface area contributed by atoms with Crippen LogP contribution in [-0.2, 0) is 0 Å². The van der Waals surface area contributed by atoms with Gasteiger partial charge in [-0.15, -0.1) is 0 Å². The fraction of sp³-hybridized carbons (Fsp3) is 1.00. The Hall–Kier alpha value is -0.0800. The van der Waals surface area contributed by atoms with Crippen LogP contribution in [0.4, 0.5) is 0 Å². The van der Waals surface area contributed by atoms with Crippen LogP contribution >= 0.6 is 0 Å². The summed E-state index contributed by atoms with van der Waals surface area (Å²) in [5.74, 6) is 0.877. The highest BCUT2D eigenvalue weighted by atomic mass is 15.0. The zero-order valence-corrected chi connectivity index (χ0v) is 12.6. The van der Waals surface area contributed by atoms with Gasteiger partial charge in [0.25, 0.3) is 0 Å². The van der Waals surface area contributed by atoms with Gasteiger partial charge in [-0.2, -0.15) is 0 Å². The molecule has 2 fully saturated rings. The van der Waals surface area contributed by atoms with Gasteiger partial charge in [-0.3, -0.25) is 0 Å². The van der Waals surface area contributed by atoms with Crippen LogP contribution in [-0.4, -0.2) is 18.1 Å². The van der Waals surface area contributed by atoms with E-state index in [1.54, 1.807) is 0 Å². The highest BCUT2D eigenvalue weighted by molar-refractivity contribution is 4.98. The molecule has 0 spiro atoms. The van der Waals surface area contributed by atoms with Crippen LogP contribution in [0.15, 0.2) is 0 Å². The smallest absolute Gasteiger partial charge is 0.0306 e. The van der Waals surface area contributed by atoms with Crippen molar-refractivity contribution in [2.24, 2.45) is 17.1 Å². The van der Waals surface area contributed by atoms with Crippen LogP contribution in [0.3, 0.4) is 0 Å². The van der Waals surface area contributed by atoms with E-state index >= 15 is 0 Å². The van der Waals surface area contributed by atoms with E-state index in [0.29, 0.717) is 5.41 Å². The molecule has 3 N–H and O–H groups in total. The molecule has 0 saturated heterocycles. The lowest BCUT2D eigenvalue weighted by atomic mass is 9.67. The van der Waals surface area contributed by atoms with E-state index in [1.165, 1.54) is 51.4 Å². The lowest BCUT2D eigenvalue weighted by molar-refractivity contribution is 0.110. The first-order valence-corrected chi connectivity index (χ1v) is 7.93. The van der Waals surface area contributed by atoms with Crippen molar-refractivity contribution in [3.8, 4) is 0 Å². The second kappa shape index (κ2) is 5.50. The highest BCUT2D eigenvalue weighted by Gasteiger charge is 2.39. The van der Waals surface area contributed by atoms with Gasteiger partial charge in [-0.1, -0.05) is 33.6 Å². The SMILES string of the molecule is CC(C)(C)C1CCC(CN)(NC2CCCC2)CC1. The second-order valence-electron chi connectivity index (χ2n) is 7.75. The number of hydrogen-bond donors (Lipinski definition) is 2. The summed E-state index contributed by atoms with van der Waals surface area (Å²) in [6.07, 6.45) is 10.8. The lowest BCUT2D eigenvalue weighted by Crippen LogP contribution is -2.56. The van der Waals surface area contributed by atoms with Crippen LogP contribution in [0, 0.1) is 11.3 Å². The Morgan fingerprint density at radius 1 is 1.06 bits per heavy atom. The maximum Gasteiger partial charge on any atom is 0.0306 e. The van der Waals surface area contributed by atoms with Crippen LogP contribution < -0.4 is 11.1 Å². The van der Waals surface area contributed by atoms with Gasteiger partial charge in [-0.05, 0) is 49.9 Å². The average Bonchev–Trinajstić information content (AvgIpc) is 2.81. The van der Waals surface area contributed by atoms with Crippen LogP contribution in [0.1, 0.15) is 72.1 Å². The zero-order valence-electron chi connectivity index (χ0n) is 12.6. The number of nitrogens with two attached hydrogens (primary N) is 1. The van der Waals surface area contributed by atoms with E-state index < -0.39 is 0 Å². The first kappa shape index (κ1) is 14.3. The zero-order chi connectivity index (χ0) is 13.2. The molecular weight excluding hydrogens is 220 g/mol. The van der Waals surface area contributed by atoms with Crippen molar-refractivity contribution < 1.29 is 0 Å². The minimum absolute atomic E-state index is 0.261. The van der Waals surface area contributed by atoms with E-state index in [2.05, 4.69) is 26.1 Å². The quantitative estimate of drug-likeness (QED) is 0.807. The Bertz CT molecular complexity index is 253. The fourth-order valence-corrected chi connectivity index (χ4v) is 3.95. The standard InChI is InChI=1S/C16H32N2/c1-15(2,3)13-8-10-16(12-17,11-9-13)18-14-6-4-5-7-14/h13-14,18H,4-12,17H2,1-3H3. The fourth-order valence-electron chi connectivity index (χ4n) is 3.95. The van der Waals surface area contributed by atoms with Crippen molar-refractivity contribution in [3.05, 3.63) is 0 Å². The van der Waals surface area contributed by atoms with Gasteiger partial charge in [0.2, 0.25) is 0 Å². The van der Waals surface area contributed by atoms with Gasteiger partial charge in [0.15, 0.2) is 0 Å². The topological polar surface area (TPSA) is 38.0 Å². The third-order valence-corrected chi connectivity index (χ3v) is 5.42. The number of hydrogen-bond acceptors (Lipinski definition) is 2. The summed E-state index contributed by atoms with van der Waals surface area (Å²) >= 11 is 0. The monoisotopic (exact) mass is 252 g/mol. The molecule has 2 aliphatic carbocycles. The van der Waals surface area contributed by atoms with E-state index in [-0.39, 0.29) is 5.54 Å². The summed E-state index contributed by atoms with van der Waals surface area (Å²) < 4.78 is 0. The minimum atomic E-state index is 0.261. The molecule has 0 unspecified atom stereocenters. The molecule has 0 bridgehead atoms. The number of rotatable bonds is 3. The molecule has 0 aliphatic heterocycles. The van der Waals surface area contributed by atoms with Crippen molar-refractivity contribution in [3.63, 3.8) is 0 Å². The molecule has 2 saturated carbocycles. The molecule has 0 atom stereocenters. The predicted molar refractivity (Wildman–Crippen MR) is 78.6 cm³/mol. The summed E-state index contributed by atoms with van der Waals surface area (Å²) in [7, 11) is 0. The van der Waals surface area contributed by atoms with Crippen LogP contribution in [0.25, 0.3) is 0 Å². The van der Waals surface area contributed by atoms with Gasteiger partial charge in [0.05, 0.1) is 0 Å². The van der Waals surface area contributed by atoms with Gasteiger partial charge < -0.3 is 11.1 Å². The Morgan fingerprint density at radius 2 is 1.61 bits per heavy atom. The molecule has 0 aromatic carbocycles. The van der Waals surface area contributed by atoms with Gasteiger partial charge in [-0.25, -0.2) is 0 Å². The molecule has 2 heteroatoms. The maximum absolute atomic E-state index is 6.11. The van der Waals surface area contributed by atoms with Gasteiger partial charge in [0.1, 0.15) is 0 Å². The Balaban J connectivity index is 1.90. The highest BCUT2D eigenvalue weighted by Crippen LogP contribution is 2.41. The van der Waals surface area contributed by atoms with E-state index in [9.17, 15) is 0 Å². The molecule has 106 valence electrons. The Labute approximate surface area is 113 Å². The summed E-state index contributed by atoms with van der Waals surface area (Å²) in [5, 5.41) is 3.93. The minimum Gasteiger partial charge on any atom is -0.329 e. The molecular formula is C16H32N2. The van der Waals surface area contributed by atoms with Crippen LogP contribution in [0.2, 0.25) is 0 Å². The third-order valence-electron chi connectivity index (χ3n) is 5.42. The summed E-state index contributed by atoms with van der Waals surface area (Å²) in [6, 6.07) is 0.750. The van der Waals surface area contributed by atoms with Crippen molar-refractivity contribution in [1.29, 1.82) is 0 Å². The molecule has 2 aliphatic rings. The van der Waals surface area contributed by atoms with Crippen LogP contribution in [0.5, 0.6) is 0 Å². The predicted octanol–water partition coefficient (Wildman–Crippen LogP) is 3.45. The van der Waals surface area contributed by atoms with Gasteiger partial charge >= 0.3 is 0 Å². The summed E-state index contributed by atoms with van der Waals surface area (Å²) in [6.45, 7) is 7.98. The summed E-state index contributed by atoms with van der Waals surface area (Å²) in [4.78, 5) is 0. The molecule has 2 rings (SSSR count). The maximum atomic E-state index is 6.11. The normalized spacial score (nSPS) is 35.0. The first-order chi connectivity index (χ1) is 8.45. The Kier molecular flexibility index (Phi) is 4.38. The van der Waals surface area contributed by atoms with E-state index in [1.807, 2.05) is 0 Å². The molecule has 0 amide bonds. The van der Waals surface area contributed by atoms with Crippen molar-refractivity contribution >= 4 is 0 Å². The van der Waals surface area contributed by atoms with E-state index in [4.69, 9.17) is 5.73 Å². The average molecular weight is 252 g/mol. The summed E-state index contributed by atoms with van der Waals surface area (Å²) in [5.41, 5.74) is 6.84.